The summed E-state index contributed by atoms with van der Waals surface area (Å²) < 4.78 is 1.74. The summed E-state index contributed by atoms with van der Waals surface area (Å²) in [4.78, 5) is 11.5. The standard InChI is InChI=1S/C22H28N6O/c1-22(2,3)26-20-6-5-9-28(20)21-13-23-18(12-24-21)17-8-7-15(10-19(17)29)16-11-25-27(4)14-16/h7-8,10-14,20,26,29H,5-6,9H2,1-4H3. The Morgan fingerprint density at radius 2 is 1.93 bits per heavy atom. The third-order valence-electron chi connectivity index (χ3n) is 5.10. The van der Waals surface area contributed by atoms with Gasteiger partial charge in [-0.25, -0.2) is 4.98 Å². The molecule has 0 amide bonds. The third-order valence-corrected chi connectivity index (χ3v) is 5.10. The number of anilines is 1. The zero-order valence-corrected chi connectivity index (χ0v) is 17.4. The van der Waals surface area contributed by atoms with Crippen molar-refractivity contribution in [2.75, 3.05) is 11.4 Å². The van der Waals surface area contributed by atoms with Gasteiger partial charge in [0.05, 0.1) is 30.5 Å². The number of phenolic OH excluding ortho intramolecular Hbond substituents is 1. The minimum absolute atomic E-state index is 0.0441. The first kappa shape index (κ1) is 19.4. The molecule has 0 aliphatic carbocycles. The molecule has 7 nitrogen and oxygen atoms in total. The summed E-state index contributed by atoms with van der Waals surface area (Å²) in [7, 11) is 1.87. The van der Waals surface area contributed by atoms with Gasteiger partial charge in [0, 0.05) is 36.5 Å². The molecule has 3 heterocycles. The first-order chi connectivity index (χ1) is 13.8. The molecular formula is C22H28N6O. The summed E-state index contributed by atoms with van der Waals surface area (Å²) in [5.74, 6) is 1.04. The highest BCUT2D eigenvalue weighted by atomic mass is 16.3. The SMILES string of the molecule is Cn1cc(-c2ccc(-c3cnc(N4CCCC4NC(C)(C)C)cn3)c(O)c2)cn1. The maximum Gasteiger partial charge on any atom is 0.148 e. The molecule has 7 heteroatoms. The van der Waals surface area contributed by atoms with E-state index in [0.717, 1.165) is 36.3 Å². The van der Waals surface area contributed by atoms with E-state index < -0.39 is 0 Å². The Morgan fingerprint density at radius 3 is 2.55 bits per heavy atom. The normalized spacial score (nSPS) is 17.1. The van der Waals surface area contributed by atoms with Gasteiger partial charge in [0.15, 0.2) is 0 Å². The molecule has 0 spiro atoms. The van der Waals surface area contributed by atoms with E-state index in [9.17, 15) is 5.11 Å². The van der Waals surface area contributed by atoms with Crippen LogP contribution in [0.3, 0.4) is 0 Å². The zero-order chi connectivity index (χ0) is 20.6. The largest absolute Gasteiger partial charge is 0.507 e. The molecule has 1 fully saturated rings. The summed E-state index contributed by atoms with van der Waals surface area (Å²) in [6.07, 6.45) is 9.72. The quantitative estimate of drug-likeness (QED) is 0.707. The topological polar surface area (TPSA) is 79.1 Å². The van der Waals surface area contributed by atoms with Crippen LogP contribution in [-0.2, 0) is 7.05 Å². The van der Waals surface area contributed by atoms with Crippen LogP contribution in [0.25, 0.3) is 22.4 Å². The first-order valence-corrected chi connectivity index (χ1v) is 9.99. The lowest BCUT2D eigenvalue weighted by Crippen LogP contribution is -2.50. The van der Waals surface area contributed by atoms with Crippen LogP contribution < -0.4 is 10.2 Å². The molecule has 1 aromatic carbocycles. The van der Waals surface area contributed by atoms with E-state index in [0.29, 0.717) is 11.3 Å². The predicted octanol–water partition coefficient (Wildman–Crippen LogP) is 3.56. The smallest absolute Gasteiger partial charge is 0.148 e. The molecule has 2 aromatic heterocycles. The van der Waals surface area contributed by atoms with Gasteiger partial charge in [-0.15, -0.1) is 0 Å². The van der Waals surface area contributed by atoms with Gasteiger partial charge in [-0.1, -0.05) is 6.07 Å². The molecule has 1 saturated heterocycles. The van der Waals surface area contributed by atoms with Gasteiger partial charge in [0.25, 0.3) is 0 Å². The molecule has 1 atom stereocenters. The summed E-state index contributed by atoms with van der Waals surface area (Å²) in [6.45, 7) is 7.50. The number of rotatable bonds is 4. The summed E-state index contributed by atoms with van der Waals surface area (Å²) in [5.41, 5.74) is 3.24. The van der Waals surface area contributed by atoms with Crippen LogP contribution in [0.4, 0.5) is 5.82 Å². The molecule has 3 aromatic rings. The van der Waals surface area contributed by atoms with Gasteiger partial charge in [0.2, 0.25) is 0 Å². The van der Waals surface area contributed by atoms with Crippen LogP contribution in [0.5, 0.6) is 5.75 Å². The maximum atomic E-state index is 10.5. The van der Waals surface area contributed by atoms with Crippen LogP contribution in [0.2, 0.25) is 0 Å². The average molecular weight is 393 g/mol. The van der Waals surface area contributed by atoms with E-state index in [1.807, 2.05) is 25.4 Å². The molecule has 29 heavy (non-hydrogen) atoms. The van der Waals surface area contributed by atoms with Gasteiger partial charge in [-0.2, -0.15) is 5.10 Å². The molecule has 0 radical (unpaired) electrons. The predicted molar refractivity (Wildman–Crippen MR) is 115 cm³/mol. The van der Waals surface area contributed by atoms with Crippen molar-refractivity contribution in [2.45, 2.75) is 45.3 Å². The highest BCUT2D eigenvalue weighted by molar-refractivity contribution is 5.73. The molecule has 4 rings (SSSR count). The molecule has 1 unspecified atom stereocenters. The highest BCUT2D eigenvalue weighted by Gasteiger charge is 2.29. The Labute approximate surface area is 171 Å². The van der Waals surface area contributed by atoms with Crippen molar-refractivity contribution in [1.82, 2.24) is 25.1 Å². The summed E-state index contributed by atoms with van der Waals surface area (Å²) in [5, 5.41) is 18.4. The monoisotopic (exact) mass is 392 g/mol. The number of phenols is 1. The fourth-order valence-electron chi connectivity index (χ4n) is 3.80. The Balaban J connectivity index is 1.55. The fourth-order valence-corrected chi connectivity index (χ4v) is 3.80. The number of hydrogen-bond acceptors (Lipinski definition) is 6. The van der Waals surface area contributed by atoms with Crippen molar-refractivity contribution in [3.63, 3.8) is 0 Å². The van der Waals surface area contributed by atoms with E-state index in [-0.39, 0.29) is 17.5 Å². The highest BCUT2D eigenvalue weighted by Crippen LogP contribution is 2.33. The van der Waals surface area contributed by atoms with Crippen molar-refractivity contribution in [3.8, 4) is 28.1 Å². The number of aromatic nitrogens is 4. The van der Waals surface area contributed by atoms with Crippen molar-refractivity contribution in [3.05, 3.63) is 43.0 Å². The van der Waals surface area contributed by atoms with E-state index in [2.05, 4.69) is 46.1 Å². The van der Waals surface area contributed by atoms with Gasteiger partial charge in [0.1, 0.15) is 11.6 Å². The van der Waals surface area contributed by atoms with Crippen molar-refractivity contribution >= 4 is 5.82 Å². The van der Waals surface area contributed by atoms with Gasteiger partial charge in [-0.3, -0.25) is 15.0 Å². The first-order valence-electron chi connectivity index (χ1n) is 9.99. The van der Waals surface area contributed by atoms with Crippen LogP contribution in [0.15, 0.2) is 43.0 Å². The second-order valence-electron chi connectivity index (χ2n) is 8.64. The second-order valence-corrected chi connectivity index (χ2v) is 8.64. The summed E-state index contributed by atoms with van der Waals surface area (Å²) >= 11 is 0. The van der Waals surface area contributed by atoms with Crippen LogP contribution >= 0.6 is 0 Å². The Kier molecular flexibility index (Phi) is 5.00. The van der Waals surface area contributed by atoms with E-state index in [1.54, 1.807) is 29.3 Å². The molecule has 2 N–H and O–H groups in total. The lowest BCUT2D eigenvalue weighted by Gasteiger charge is -2.32. The second kappa shape index (κ2) is 7.48. The van der Waals surface area contributed by atoms with Crippen molar-refractivity contribution in [1.29, 1.82) is 0 Å². The lowest BCUT2D eigenvalue weighted by atomic mass is 10.0. The van der Waals surface area contributed by atoms with E-state index >= 15 is 0 Å². The molecule has 0 saturated carbocycles. The number of nitrogens with one attached hydrogen (secondary N) is 1. The van der Waals surface area contributed by atoms with Gasteiger partial charge in [-0.05, 0) is 51.3 Å². The zero-order valence-electron chi connectivity index (χ0n) is 17.4. The summed E-state index contributed by atoms with van der Waals surface area (Å²) in [6, 6.07) is 5.58. The van der Waals surface area contributed by atoms with Crippen molar-refractivity contribution < 1.29 is 5.11 Å². The number of nitrogens with zero attached hydrogens (tertiary/aromatic N) is 5. The van der Waals surface area contributed by atoms with Crippen LogP contribution in [0.1, 0.15) is 33.6 Å². The molecular weight excluding hydrogens is 364 g/mol. The minimum Gasteiger partial charge on any atom is -0.507 e. The van der Waals surface area contributed by atoms with Gasteiger partial charge < -0.3 is 10.0 Å². The van der Waals surface area contributed by atoms with Crippen molar-refractivity contribution in [2.24, 2.45) is 7.05 Å². The molecule has 0 bridgehead atoms. The van der Waals surface area contributed by atoms with Gasteiger partial charge >= 0.3 is 0 Å². The maximum absolute atomic E-state index is 10.5. The fraction of sp³-hybridized carbons (Fsp3) is 0.409. The van der Waals surface area contributed by atoms with Crippen LogP contribution in [0, 0.1) is 0 Å². The number of hydrogen-bond donors (Lipinski definition) is 2. The molecule has 1 aliphatic heterocycles. The Bertz CT molecular complexity index is 989. The average Bonchev–Trinajstić information content (AvgIpc) is 3.29. The number of benzene rings is 1. The third kappa shape index (κ3) is 4.24. The Morgan fingerprint density at radius 1 is 1.10 bits per heavy atom. The Hall–Kier alpha value is -2.93. The van der Waals surface area contributed by atoms with E-state index in [1.165, 1.54) is 0 Å². The number of aromatic hydroxyl groups is 1. The number of aryl methyl sites for hydroxylation is 1. The minimum atomic E-state index is 0.0441. The molecule has 152 valence electrons. The van der Waals surface area contributed by atoms with E-state index in [4.69, 9.17) is 0 Å². The van der Waals surface area contributed by atoms with Crippen LogP contribution in [-0.4, -0.2) is 43.1 Å². The lowest BCUT2D eigenvalue weighted by molar-refractivity contribution is 0.362. The molecule has 1 aliphatic rings.